The Bertz CT molecular complexity index is 533. The molecule has 3 rings (SSSR count). The second kappa shape index (κ2) is 6.62. The number of pyridine rings is 1. The van der Waals surface area contributed by atoms with Crippen LogP contribution in [0.15, 0.2) is 18.2 Å². The lowest BCUT2D eigenvalue weighted by Gasteiger charge is -2.34. The number of aromatic carboxylic acids is 1. The van der Waals surface area contributed by atoms with E-state index in [0.29, 0.717) is 5.92 Å². The lowest BCUT2D eigenvalue weighted by Crippen LogP contribution is -2.46. The fourth-order valence-corrected chi connectivity index (χ4v) is 2.82. The highest BCUT2D eigenvalue weighted by Gasteiger charge is 2.28. The maximum Gasteiger partial charge on any atom is 0.354 e. The van der Waals surface area contributed by atoms with E-state index in [9.17, 15) is 4.79 Å². The first-order chi connectivity index (χ1) is 10.6. The predicted molar refractivity (Wildman–Crippen MR) is 83.4 cm³/mol. The third-order valence-electron chi connectivity index (χ3n) is 4.22. The van der Waals surface area contributed by atoms with Crippen molar-refractivity contribution >= 4 is 11.8 Å². The third kappa shape index (κ3) is 3.96. The maximum absolute atomic E-state index is 11.1. The Hall–Kier alpha value is -1.66. The molecule has 6 nitrogen and oxygen atoms in total. The summed E-state index contributed by atoms with van der Waals surface area (Å²) in [7, 11) is 2.10. The summed E-state index contributed by atoms with van der Waals surface area (Å²) >= 11 is 0. The normalized spacial score (nSPS) is 22.5. The van der Waals surface area contributed by atoms with E-state index in [4.69, 9.17) is 9.84 Å². The molecule has 1 aliphatic carbocycles. The van der Waals surface area contributed by atoms with Crippen molar-refractivity contribution in [2.24, 2.45) is 5.92 Å². The standard InChI is InChI=1S/C16H23N3O3/c1-18-7-8-22-13(10-18)11-19(9-12-5-6-12)15-4-2-3-14(17-15)16(20)21/h2-4,12-13H,5-11H2,1H3,(H,20,21). The van der Waals surface area contributed by atoms with Crippen LogP contribution in [0.25, 0.3) is 0 Å². The van der Waals surface area contributed by atoms with E-state index in [0.717, 1.165) is 38.6 Å². The molecule has 0 radical (unpaired) electrons. The van der Waals surface area contributed by atoms with E-state index in [1.165, 1.54) is 18.9 Å². The number of morpholine rings is 1. The minimum atomic E-state index is -0.984. The first-order valence-electron chi connectivity index (χ1n) is 7.87. The number of likely N-dealkylation sites (N-methyl/N-ethyl adjacent to an activating group) is 1. The van der Waals surface area contributed by atoms with Gasteiger partial charge in [0, 0.05) is 26.2 Å². The van der Waals surface area contributed by atoms with Gasteiger partial charge in [-0.1, -0.05) is 6.07 Å². The smallest absolute Gasteiger partial charge is 0.354 e. The van der Waals surface area contributed by atoms with Crippen molar-refractivity contribution in [3.05, 3.63) is 23.9 Å². The molecule has 22 heavy (non-hydrogen) atoms. The van der Waals surface area contributed by atoms with Gasteiger partial charge in [-0.3, -0.25) is 0 Å². The van der Waals surface area contributed by atoms with Crippen molar-refractivity contribution in [1.29, 1.82) is 0 Å². The number of rotatable bonds is 6. The van der Waals surface area contributed by atoms with Gasteiger partial charge in [0.05, 0.1) is 12.7 Å². The van der Waals surface area contributed by atoms with Crippen molar-refractivity contribution in [3.63, 3.8) is 0 Å². The summed E-state index contributed by atoms with van der Waals surface area (Å²) in [5.74, 6) is 0.460. The van der Waals surface area contributed by atoms with E-state index in [1.807, 2.05) is 6.07 Å². The van der Waals surface area contributed by atoms with Crippen molar-refractivity contribution in [2.45, 2.75) is 18.9 Å². The van der Waals surface area contributed by atoms with Crippen LogP contribution in [-0.2, 0) is 4.74 Å². The quantitative estimate of drug-likeness (QED) is 0.855. The van der Waals surface area contributed by atoms with Gasteiger partial charge in [-0.05, 0) is 37.9 Å². The van der Waals surface area contributed by atoms with Gasteiger partial charge >= 0.3 is 5.97 Å². The monoisotopic (exact) mass is 305 g/mol. The molecule has 2 heterocycles. The summed E-state index contributed by atoms with van der Waals surface area (Å²) in [6, 6.07) is 5.19. The van der Waals surface area contributed by atoms with Crippen LogP contribution in [0.5, 0.6) is 0 Å². The van der Waals surface area contributed by atoms with E-state index < -0.39 is 5.97 Å². The van der Waals surface area contributed by atoms with Crippen LogP contribution in [0.3, 0.4) is 0 Å². The summed E-state index contributed by atoms with van der Waals surface area (Å²) in [5.41, 5.74) is 0.0972. The number of carboxylic acid groups (broad SMARTS) is 1. The summed E-state index contributed by atoms with van der Waals surface area (Å²) in [5, 5.41) is 9.13. The highest BCUT2D eigenvalue weighted by atomic mass is 16.5. The minimum Gasteiger partial charge on any atom is -0.477 e. The minimum absolute atomic E-state index is 0.0972. The number of nitrogens with zero attached hydrogens (tertiary/aromatic N) is 3. The van der Waals surface area contributed by atoms with Crippen molar-refractivity contribution in [3.8, 4) is 0 Å². The van der Waals surface area contributed by atoms with Crippen molar-refractivity contribution in [1.82, 2.24) is 9.88 Å². The number of ether oxygens (including phenoxy) is 1. The van der Waals surface area contributed by atoms with Gasteiger partial charge in [-0.15, -0.1) is 0 Å². The SMILES string of the molecule is CN1CCOC(CN(CC2CC2)c2cccc(C(=O)O)n2)C1. The van der Waals surface area contributed by atoms with E-state index >= 15 is 0 Å². The van der Waals surface area contributed by atoms with Gasteiger partial charge in [0.15, 0.2) is 5.69 Å². The van der Waals surface area contributed by atoms with Crippen LogP contribution in [-0.4, -0.2) is 66.9 Å². The molecule has 120 valence electrons. The molecule has 0 bridgehead atoms. The van der Waals surface area contributed by atoms with Crippen molar-refractivity contribution in [2.75, 3.05) is 44.7 Å². The number of hydrogen-bond donors (Lipinski definition) is 1. The molecule has 1 aromatic heterocycles. The summed E-state index contributed by atoms with van der Waals surface area (Å²) in [6.07, 6.45) is 2.65. The molecule has 1 unspecified atom stereocenters. The molecule has 2 aliphatic rings. The Balaban J connectivity index is 1.73. The van der Waals surface area contributed by atoms with Gasteiger partial charge in [0.2, 0.25) is 0 Å². The molecule has 1 saturated heterocycles. The molecular weight excluding hydrogens is 282 g/mol. The highest BCUT2D eigenvalue weighted by molar-refractivity contribution is 5.85. The lowest BCUT2D eigenvalue weighted by molar-refractivity contribution is -0.0149. The van der Waals surface area contributed by atoms with Crippen LogP contribution < -0.4 is 4.90 Å². The molecule has 1 saturated carbocycles. The number of carboxylic acids is 1. The molecule has 1 N–H and O–H groups in total. The molecule has 0 spiro atoms. The van der Waals surface area contributed by atoms with Crippen molar-refractivity contribution < 1.29 is 14.6 Å². The lowest BCUT2D eigenvalue weighted by atomic mass is 10.2. The molecule has 0 amide bonds. The Morgan fingerprint density at radius 3 is 2.95 bits per heavy atom. The topological polar surface area (TPSA) is 65.9 Å². The Kier molecular flexibility index (Phi) is 4.59. The summed E-state index contributed by atoms with van der Waals surface area (Å²) in [6.45, 7) is 4.31. The first-order valence-corrected chi connectivity index (χ1v) is 7.87. The van der Waals surface area contributed by atoms with Gasteiger partial charge in [0.25, 0.3) is 0 Å². The number of carbonyl (C=O) groups is 1. The first kappa shape index (κ1) is 15.2. The van der Waals surface area contributed by atoms with E-state index in [2.05, 4.69) is 21.8 Å². The third-order valence-corrected chi connectivity index (χ3v) is 4.22. The van der Waals surface area contributed by atoms with Gasteiger partial charge in [-0.2, -0.15) is 0 Å². The zero-order valence-corrected chi connectivity index (χ0v) is 12.9. The average Bonchev–Trinajstić information content (AvgIpc) is 3.31. The fraction of sp³-hybridized carbons (Fsp3) is 0.625. The van der Waals surface area contributed by atoms with Crippen LogP contribution in [0.2, 0.25) is 0 Å². The molecule has 2 fully saturated rings. The Labute approximate surface area is 130 Å². The molecule has 6 heteroatoms. The molecule has 0 aromatic carbocycles. The van der Waals surface area contributed by atoms with Crippen LogP contribution in [0.1, 0.15) is 23.3 Å². The van der Waals surface area contributed by atoms with Gasteiger partial charge < -0.3 is 19.6 Å². The second-order valence-corrected chi connectivity index (χ2v) is 6.29. The van der Waals surface area contributed by atoms with Crippen LogP contribution in [0, 0.1) is 5.92 Å². The Morgan fingerprint density at radius 1 is 1.45 bits per heavy atom. The Morgan fingerprint density at radius 2 is 2.27 bits per heavy atom. The van der Waals surface area contributed by atoms with E-state index in [-0.39, 0.29) is 11.8 Å². The van der Waals surface area contributed by atoms with E-state index in [1.54, 1.807) is 6.07 Å². The average molecular weight is 305 g/mol. The second-order valence-electron chi connectivity index (χ2n) is 6.29. The zero-order valence-electron chi connectivity index (χ0n) is 12.9. The fourth-order valence-electron chi connectivity index (χ4n) is 2.82. The number of aromatic nitrogens is 1. The molecular formula is C16H23N3O3. The maximum atomic E-state index is 11.1. The molecule has 1 aromatic rings. The summed E-state index contributed by atoms with van der Waals surface area (Å²) in [4.78, 5) is 19.9. The number of anilines is 1. The predicted octanol–water partition coefficient (Wildman–Crippen LogP) is 1.33. The largest absolute Gasteiger partial charge is 0.477 e. The van der Waals surface area contributed by atoms with Crippen LogP contribution in [0.4, 0.5) is 5.82 Å². The summed E-state index contributed by atoms with van der Waals surface area (Å²) < 4.78 is 5.85. The van der Waals surface area contributed by atoms with Gasteiger partial charge in [-0.25, -0.2) is 9.78 Å². The zero-order chi connectivity index (χ0) is 15.5. The van der Waals surface area contributed by atoms with Gasteiger partial charge in [0.1, 0.15) is 5.82 Å². The van der Waals surface area contributed by atoms with Crippen LogP contribution >= 0.6 is 0 Å². The molecule has 1 atom stereocenters. The molecule has 1 aliphatic heterocycles. The number of hydrogen-bond acceptors (Lipinski definition) is 5. The highest BCUT2D eigenvalue weighted by Crippen LogP contribution is 2.31.